The van der Waals surface area contributed by atoms with Crippen molar-refractivity contribution in [3.05, 3.63) is 24.8 Å². The van der Waals surface area contributed by atoms with Gasteiger partial charge in [-0.05, 0) is 18.8 Å². The van der Waals surface area contributed by atoms with Crippen molar-refractivity contribution in [2.24, 2.45) is 23.2 Å². The molecule has 3 rings (SSSR count). The predicted octanol–water partition coefficient (Wildman–Crippen LogP) is 0.732. The first-order valence-corrected chi connectivity index (χ1v) is 6.41. The van der Waals surface area contributed by atoms with Gasteiger partial charge in [-0.1, -0.05) is 18.2 Å². The van der Waals surface area contributed by atoms with E-state index in [4.69, 9.17) is 5.11 Å². The summed E-state index contributed by atoms with van der Waals surface area (Å²) in [6.45, 7) is 3.73. The minimum Gasteiger partial charge on any atom is -0.395 e. The van der Waals surface area contributed by atoms with Gasteiger partial charge in [-0.15, -0.1) is 6.58 Å². The fourth-order valence-electron chi connectivity index (χ4n) is 4.02. The van der Waals surface area contributed by atoms with Crippen molar-refractivity contribution < 1.29 is 14.7 Å². The van der Waals surface area contributed by atoms with Crippen molar-refractivity contribution in [2.45, 2.75) is 12.8 Å². The summed E-state index contributed by atoms with van der Waals surface area (Å²) in [5, 5.41) is 8.96. The summed E-state index contributed by atoms with van der Waals surface area (Å²) in [5.74, 6) is -0.444. The highest BCUT2D eigenvalue weighted by Crippen LogP contribution is 2.61. The van der Waals surface area contributed by atoms with Crippen LogP contribution in [-0.4, -0.2) is 35.0 Å². The van der Waals surface area contributed by atoms with Gasteiger partial charge in [-0.3, -0.25) is 14.5 Å². The summed E-state index contributed by atoms with van der Waals surface area (Å²) in [4.78, 5) is 25.9. The van der Waals surface area contributed by atoms with Gasteiger partial charge in [0.1, 0.15) is 0 Å². The third-order valence-corrected chi connectivity index (χ3v) is 4.66. The molecule has 1 saturated heterocycles. The Kier molecular flexibility index (Phi) is 2.45. The summed E-state index contributed by atoms with van der Waals surface area (Å²) in [6.07, 6.45) is 7.65. The lowest BCUT2D eigenvalue weighted by Crippen LogP contribution is -2.37. The number of hydrogen-bond acceptors (Lipinski definition) is 3. The molecule has 2 amide bonds. The minimum absolute atomic E-state index is 0.0978. The van der Waals surface area contributed by atoms with Crippen molar-refractivity contribution in [1.82, 2.24) is 4.90 Å². The van der Waals surface area contributed by atoms with Crippen LogP contribution in [0.5, 0.6) is 0 Å². The lowest BCUT2D eigenvalue weighted by atomic mass is 9.73. The van der Waals surface area contributed by atoms with E-state index >= 15 is 0 Å². The monoisotopic (exact) mass is 247 g/mol. The fourth-order valence-corrected chi connectivity index (χ4v) is 4.02. The van der Waals surface area contributed by atoms with Gasteiger partial charge in [0.25, 0.3) is 0 Å². The molecular formula is C14H17NO3. The number of β-amino-alcohol motifs (C(OH)–C–C–N with tert-alkyl or cyclic N) is 1. The molecule has 2 bridgehead atoms. The van der Waals surface area contributed by atoms with E-state index in [9.17, 15) is 9.59 Å². The van der Waals surface area contributed by atoms with E-state index in [-0.39, 0.29) is 48.1 Å². The molecule has 4 unspecified atom stereocenters. The van der Waals surface area contributed by atoms with Gasteiger partial charge in [-0.2, -0.15) is 0 Å². The van der Waals surface area contributed by atoms with Crippen LogP contribution in [-0.2, 0) is 9.59 Å². The number of hydrogen-bond donors (Lipinski definition) is 1. The van der Waals surface area contributed by atoms with Crippen LogP contribution in [0.1, 0.15) is 12.8 Å². The van der Waals surface area contributed by atoms with Crippen molar-refractivity contribution >= 4 is 11.8 Å². The number of aliphatic hydroxyl groups is 1. The maximum atomic E-state index is 12.4. The van der Waals surface area contributed by atoms with E-state index in [1.165, 1.54) is 4.90 Å². The van der Waals surface area contributed by atoms with E-state index in [1.807, 2.05) is 6.08 Å². The molecule has 18 heavy (non-hydrogen) atoms. The van der Waals surface area contributed by atoms with Crippen LogP contribution in [0, 0.1) is 23.2 Å². The molecule has 4 heteroatoms. The second-order valence-corrected chi connectivity index (χ2v) is 5.51. The minimum atomic E-state index is -0.232. The number of carbonyl (C=O) groups excluding carboxylic acids is 2. The van der Waals surface area contributed by atoms with Gasteiger partial charge in [0.05, 0.1) is 25.0 Å². The zero-order valence-corrected chi connectivity index (χ0v) is 10.2. The van der Waals surface area contributed by atoms with Gasteiger partial charge < -0.3 is 5.11 Å². The number of likely N-dealkylation sites (tertiary alicyclic amines) is 1. The molecule has 1 aliphatic heterocycles. The number of aliphatic hydroxyl groups excluding tert-OH is 1. The summed E-state index contributed by atoms with van der Waals surface area (Å²) in [5.41, 5.74) is -0.200. The molecule has 1 saturated carbocycles. The second kappa shape index (κ2) is 3.79. The molecule has 1 N–H and O–H groups in total. The molecule has 0 aromatic carbocycles. The number of nitrogens with zero attached hydrogens (tertiary/aromatic N) is 1. The molecule has 3 aliphatic rings. The molecule has 0 radical (unpaired) electrons. The second-order valence-electron chi connectivity index (χ2n) is 5.51. The van der Waals surface area contributed by atoms with Crippen molar-refractivity contribution in [3.63, 3.8) is 0 Å². The topological polar surface area (TPSA) is 57.6 Å². The van der Waals surface area contributed by atoms with Crippen LogP contribution in [0.15, 0.2) is 24.8 Å². The Morgan fingerprint density at radius 1 is 1.50 bits per heavy atom. The molecule has 0 aromatic heterocycles. The molecule has 1 heterocycles. The standard InChI is InChI=1S/C14H17NO3/c1-2-4-14-5-3-9(8-14)10-11(14)13(18)15(6-7-16)12(10)17/h2-3,5,9-11,16H,1,4,6-8H2. The SMILES string of the molecule is C=CCC12C=CC(C1)C1C(=O)N(CCO)C(=O)C12. The molecule has 4 atom stereocenters. The summed E-state index contributed by atoms with van der Waals surface area (Å²) in [7, 11) is 0. The smallest absolute Gasteiger partial charge is 0.234 e. The first-order chi connectivity index (χ1) is 8.64. The van der Waals surface area contributed by atoms with Crippen molar-refractivity contribution in [2.75, 3.05) is 13.2 Å². The third kappa shape index (κ3) is 1.24. The first-order valence-electron chi connectivity index (χ1n) is 6.41. The average Bonchev–Trinajstić information content (AvgIpc) is 2.96. The van der Waals surface area contributed by atoms with Gasteiger partial charge >= 0.3 is 0 Å². The Hall–Kier alpha value is -1.42. The lowest BCUT2D eigenvalue weighted by molar-refractivity contribution is -0.141. The third-order valence-electron chi connectivity index (χ3n) is 4.66. The van der Waals surface area contributed by atoms with Crippen molar-refractivity contribution in [3.8, 4) is 0 Å². The van der Waals surface area contributed by atoms with E-state index in [0.29, 0.717) is 0 Å². The molecule has 0 aromatic rings. The van der Waals surface area contributed by atoms with Crippen molar-refractivity contribution in [1.29, 1.82) is 0 Å². The zero-order valence-electron chi connectivity index (χ0n) is 10.2. The van der Waals surface area contributed by atoms with Gasteiger partial charge in [-0.25, -0.2) is 0 Å². The quantitative estimate of drug-likeness (QED) is 0.588. The highest BCUT2D eigenvalue weighted by atomic mass is 16.3. The molecule has 2 aliphatic carbocycles. The summed E-state index contributed by atoms with van der Waals surface area (Å²) < 4.78 is 0. The van der Waals surface area contributed by atoms with Crippen LogP contribution in [0.4, 0.5) is 0 Å². The van der Waals surface area contributed by atoms with E-state index in [2.05, 4.69) is 18.7 Å². The Morgan fingerprint density at radius 2 is 2.28 bits per heavy atom. The zero-order chi connectivity index (χ0) is 12.9. The molecule has 0 spiro atoms. The fraction of sp³-hybridized carbons (Fsp3) is 0.571. The van der Waals surface area contributed by atoms with Gasteiger partial charge in [0.15, 0.2) is 0 Å². The van der Waals surface area contributed by atoms with Gasteiger partial charge in [0, 0.05) is 5.41 Å². The molecular weight excluding hydrogens is 230 g/mol. The van der Waals surface area contributed by atoms with E-state index in [1.54, 1.807) is 0 Å². The average molecular weight is 247 g/mol. The van der Waals surface area contributed by atoms with Crippen LogP contribution in [0.3, 0.4) is 0 Å². The van der Waals surface area contributed by atoms with Crippen LogP contribution in [0.25, 0.3) is 0 Å². The number of carbonyl (C=O) groups is 2. The van der Waals surface area contributed by atoms with E-state index < -0.39 is 0 Å². The number of amides is 2. The summed E-state index contributed by atoms with van der Waals surface area (Å²) in [6, 6.07) is 0. The van der Waals surface area contributed by atoms with Crippen LogP contribution < -0.4 is 0 Å². The number of imide groups is 1. The number of fused-ring (bicyclic) bond motifs is 5. The van der Waals surface area contributed by atoms with Crippen LogP contribution in [0.2, 0.25) is 0 Å². The number of rotatable bonds is 4. The molecule has 4 nitrogen and oxygen atoms in total. The first kappa shape index (κ1) is 11.7. The highest BCUT2D eigenvalue weighted by Gasteiger charge is 2.65. The van der Waals surface area contributed by atoms with E-state index in [0.717, 1.165) is 12.8 Å². The van der Waals surface area contributed by atoms with Gasteiger partial charge in [0.2, 0.25) is 11.8 Å². The maximum absolute atomic E-state index is 12.4. The Labute approximate surface area is 106 Å². The lowest BCUT2D eigenvalue weighted by Gasteiger charge is -2.29. The normalized spacial score (nSPS) is 40.7. The Balaban J connectivity index is 1.98. The highest BCUT2D eigenvalue weighted by molar-refractivity contribution is 6.06. The van der Waals surface area contributed by atoms with Crippen LogP contribution >= 0.6 is 0 Å². The predicted molar refractivity (Wildman–Crippen MR) is 65.3 cm³/mol. The maximum Gasteiger partial charge on any atom is 0.234 e. The summed E-state index contributed by atoms with van der Waals surface area (Å²) >= 11 is 0. The largest absolute Gasteiger partial charge is 0.395 e. The Morgan fingerprint density at radius 3 is 2.94 bits per heavy atom. The molecule has 96 valence electrons. The number of allylic oxidation sites excluding steroid dienone is 3. The molecule has 2 fully saturated rings. The Bertz CT molecular complexity index is 456.